The molecule has 0 saturated carbocycles. The molecule has 0 bridgehead atoms. The maximum absolute atomic E-state index is 4.70. The normalized spacial score (nSPS) is 7.67. The van der Waals surface area contributed by atoms with E-state index in [0.29, 0.717) is 13.2 Å². The Balaban J connectivity index is 0. The second-order valence-electron chi connectivity index (χ2n) is 1.09. The Morgan fingerprint density at radius 1 is 1.56 bits per heavy atom. The van der Waals surface area contributed by atoms with Gasteiger partial charge in [-0.05, 0) is 0 Å². The summed E-state index contributed by atoms with van der Waals surface area (Å²) in [6.07, 6.45) is 0. The van der Waals surface area contributed by atoms with Gasteiger partial charge in [-0.3, -0.25) is 0 Å². The van der Waals surface area contributed by atoms with E-state index < -0.39 is 0 Å². The van der Waals surface area contributed by atoms with Gasteiger partial charge in [0, 0.05) is 11.5 Å². The molecule has 0 amide bonds. The van der Waals surface area contributed by atoms with Crippen molar-refractivity contribution in [1.82, 2.24) is 0 Å². The van der Waals surface area contributed by atoms with Gasteiger partial charge in [-0.2, -0.15) is 0 Å². The molecule has 0 atom stereocenters. The second-order valence-corrected chi connectivity index (χ2v) is 2.09. The molecule has 0 N–H and O–H groups in total. The van der Waals surface area contributed by atoms with Crippen LogP contribution in [0.5, 0.6) is 0 Å². The molecule has 0 aliphatic carbocycles. The van der Waals surface area contributed by atoms with Crippen molar-refractivity contribution in [3.05, 3.63) is 0 Å². The average Bonchev–Trinajstić information content (AvgIpc) is 1.66. The monoisotopic (exact) mass is 190 g/mol. The summed E-state index contributed by atoms with van der Waals surface area (Å²) in [6.45, 7) is 0.996. The van der Waals surface area contributed by atoms with Crippen LogP contribution in [-0.4, -0.2) is 24.7 Å². The Morgan fingerprint density at radius 2 is 2.11 bits per heavy atom. The van der Waals surface area contributed by atoms with Gasteiger partial charge in [-0.25, -0.2) is 0 Å². The molecule has 0 fully saturated rings. The summed E-state index contributed by atoms with van der Waals surface area (Å²) in [5.74, 6) is 0. The quantitative estimate of drug-likeness (QED) is 0.212. The Kier molecular flexibility index (Phi) is 14.4. The molecule has 0 spiro atoms. The van der Waals surface area contributed by atoms with Crippen LogP contribution in [0.3, 0.4) is 0 Å². The van der Waals surface area contributed by atoms with Gasteiger partial charge in [0.2, 0.25) is 0 Å². The number of rotatable bonds is 3. The zero-order chi connectivity index (χ0) is 6.41. The average molecular weight is 190 g/mol. The van der Waals surface area contributed by atoms with Crippen LogP contribution in [0.4, 0.5) is 0 Å². The van der Waals surface area contributed by atoms with E-state index in [1.807, 2.05) is 0 Å². The van der Waals surface area contributed by atoms with E-state index in [9.17, 15) is 0 Å². The molecule has 0 saturated heterocycles. The molecule has 0 aromatic carbocycles. The fourth-order valence-corrected chi connectivity index (χ4v) is 0.375. The van der Waals surface area contributed by atoms with Crippen molar-refractivity contribution >= 4 is 29.2 Å². The SMILES string of the molecule is COCCOC(=S)[S-].[K+]. The molecule has 0 aliphatic rings. The van der Waals surface area contributed by atoms with E-state index in [1.165, 1.54) is 0 Å². The summed E-state index contributed by atoms with van der Waals surface area (Å²) in [5.41, 5.74) is 0. The van der Waals surface area contributed by atoms with Crippen molar-refractivity contribution < 1.29 is 60.9 Å². The third-order valence-electron chi connectivity index (χ3n) is 0.507. The Labute approximate surface area is 108 Å². The van der Waals surface area contributed by atoms with Gasteiger partial charge in [-0.1, -0.05) is 0 Å². The molecule has 9 heavy (non-hydrogen) atoms. The first kappa shape index (κ1) is 13.3. The van der Waals surface area contributed by atoms with E-state index in [0.717, 1.165) is 0 Å². The van der Waals surface area contributed by atoms with Crippen molar-refractivity contribution in [2.75, 3.05) is 20.3 Å². The number of thiocarbonyl (C=S) groups is 1. The maximum atomic E-state index is 4.70. The van der Waals surface area contributed by atoms with Gasteiger partial charge in [0.25, 0.3) is 0 Å². The number of hydrogen-bond acceptors (Lipinski definition) is 4. The molecule has 2 nitrogen and oxygen atoms in total. The predicted octanol–water partition coefficient (Wildman–Crippen LogP) is -2.51. The van der Waals surface area contributed by atoms with Crippen molar-refractivity contribution in [3.8, 4) is 0 Å². The largest absolute Gasteiger partial charge is 1.00 e. The second kappa shape index (κ2) is 9.71. The summed E-state index contributed by atoms with van der Waals surface area (Å²) in [7, 11) is 1.59. The molecule has 0 heterocycles. The van der Waals surface area contributed by atoms with Gasteiger partial charge < -0.3 is 34.3 Å². The molecular weight excluding hydrogens is 183 g/mol. The van der Waals surface area contributed by atoms with Crippen LogP contribution in [0.15, 0.2) is 0 Å². The molecule has 0 rings (SSSR count). The van der Waals surface area contributed by atoms with Crippen molar-refractivity contribution in [2.45, 2.75) is 0 Å². The summed E-state index contributed by atoms with van der Waals surface area (Å²) in [4.78, 5) is 0. The Bertz CT molecular complexity index is 79.0. The van der Waals surface area contributed by atoms with Gasteiger partial charge in [0.1, 0.15) is 6.61 Å². The third-order valence-corrected chi connectivity index (χ3v) is 0.743. The molecule has 0 unspecified atom stereocenters. The van der Waals surface area contributed by atoms with Crippen molar-refractivity contribution in [2.24, 2.45) is 0 Å². The first-order valence-electron chi connectivity index (χ1n) is 2.10. The molecule has 48 valence electrons. The number of methoxy groups -OCH3 is 1. The fraction of sp³-hybridized carbons (Fsp3) is 0.750. The van der Waals surface area contributed by atoms with E-state index in [4.69, 9.17) is 4.74 Å². The van der Waals surface area contributed by atoms with Crippen LogP contribution < -0.4 is 51.4 Å². The smallest absolute Gasteiger partial charge is 0.511 e. The van der Waals surface area contributed by atoms with Crippen molar-refractivity contribution in [1.29, 1.82) is 0 Å². The fourth-order valence-electron chi connectivity index (χ4n) is 0.208. The minimum atomic E-state index is 0. The van der Waals surface area contributed by atoms with Gasteiger partial charge in [0.15, 0.2) is 0 Å². The molecule has 0 aromatic heterocycles. The Hall–Kier alpha value is 1.71. The maximum Gasteiger partial charge on any atom is 1.00 e. The first-order valence-corrected chi connectivity index (χ1v) is 2.91. The number of hydrogen-bond donors (Lipinski definition) is 0. The molecule has 0 aliphatic heterocycles. The summed E-state index contributed by atoms with van der Waals surface area (Å²) >= 11 is 8.89. The molecule has 0 radical (unpaired) electrons. The summed E-state index contributed by atoms with van der Waals surface area (Å²) in [6, 6.07) is 0. The van der Waals surface area contributed by atoms with Crippen LogP contribution in [0, 0.1) is 0 Å². The summed E-state index contributed by atoms with van der Waals surface area (Å²) < 4.78 is 9.52. The van der Waals surface area contributed by atoms with Crippen LogP contribution in [0.2, 0.25) is 0 Å². The predicted molar refractivity (Wildman–Crippen MR) is 37.8 cm³/mol. The van der Waals surface area contributed by atoms with E-state index in [1.54, 1.807) is 7.11 Å². The van der Waals surface area contributed by atoms with Crippen molar-refractivity contribution in [3.63, 3.8) is 0 Å². The molecular formula is C4H7KO2S2. The van der Waals surface area contributed by atoms with E-state index in [-0.39, 0.29) is 55.8 Å². The van der Waals surface area contributed by atoms with Gasteiger partial charge >= 0.3 is 51.4 Å². The topological polar surface area (TPSA) is 18.5 Å². The standard InChI is InChI=1S/C4H8O2S2.K/c1-5-2-3-6-4(7)8;/h2-3H2,1H3,(H,7,8);/q;+1/p-1. The molecule has 0 aromatic rings. The van der Waals surface area contributed by atoms with Crippen LogP contribution in [0.25, 0.3) is 0 Å². The van der Waals surface area contributed by atoms with Gasteiger partial charge in [0.05, 0.1) is 6.61 Å². The zero-order valence-corrected chi connectivity index (χ0v) is 10.3. The minimum Gasteiger partial charge on any atom is -0.511 e. The Morgan fingerprint density at radius 3 is 2.44 bits per heavy atom. The van der Waals surface area contributed by atoms with Crippen LogP contribution >= 0.6 is 12.2 Å². The zero-order valence-electron chi connectivity index (χ0n) is 5.55. The molecule has 5 heteroatoms. The van der Waals surface area contributed by atoms with Crippen LogP contribution in [-0.2, 0) is 22.1 Å². The van der Waals surface area contributed by atoms with E-state index in [2.05, 4.69) is 29.6 Å². The van der Waals surface area contributed by atoms with Crippen LogP contribution in [0.1, 0.15) is 0 Å². The minimum absolute atomic E-state index is 0. The third kappa shape index (κ3) is 12.8. The summed E-state index contributed by atoms with van der Waals surface area (Å²) in [5, 5.41) is 0. The first-order chi connectivity index (χ1) is 3.77. The van der Waals surface area contributed by atoms with E-state index >= 15 is 0 Å². The number of ether oxygens (including phenoxy) is 2. The van der Waals surface area contributed by atoms with Gasteiger partial charge in [-0.15, -0.1) is 0 Å².